The molecule has 0 aliphatic carbocycles. The normalized spacial score (nSPS) is 17.5. The fraction of sp³-hybridized carbons (Fsp3) is 0.450. The minimum atomic E-state index is 0. The van der Waals surface area contributed by atoms with Crippen LogP contribution in [0.4, 0.5) is 10.8 Å². The van der Waals surface area contributed by atoms with Crippen molar-refractivity contribution >= 4 is 69.6 Å². The molecule has 2 fully saturated rings. The smallest absolute Gasteiger partial charge is 0.244 e. The Labute approximate surface area is 208 Å². The van der Waals surface area contributed by atoms with E-state index in [9.17, 15) is 4.79 Å². The van der Waals surface area contributed by atoms with Gasteiger partial charge in [-0.3, -0.25) is 4.79 Å². The molecule has 2 aromatic rings. The summed E-state index contributed by atoms with van der Waals surface area (Å²) in [5.74, 6) is 0.470. The molecule has 168 valence electrons. The van der Waals surface area contributed by atoms with Gasteiger partial charge in [-0.2, -0.15) is 0 Å². The van der Waals surface area contributed by atoms with Crippen LogP contribution in [-0.4, -0.2) is 85.6 Å². The van der Waals surface area contributed by atoms with Gasteiger partial charge < -0.3 is 25.3 Å². The zero-order chi connectivity index (χ0) is 20.9. The number of nitrogens with two attached hydrogens (primary N) is 1. The molecule has 2 aliphatic rings. The van der Waals surface area contributed by atoms with E-state index in [0.717, 1.165) is 55.1 Å². The van der Waals surface area contributed by atoms with Gasteiger partial charge in [0.1, 0.15) is 6.54 Å². The molecule has 2 aliphatic heterocycles. The number of rotatable bonds is 4. The maximum absolute atomic E-state index is 12.6. The number of halogens is 2. The lowest BCUT2D eigenvalue weighted by Crippen LogP contribution is -2.52. The second-order valence-corrected chi connectivity index (χ2v) is 8.62. The van der Waals surface area contributed by atoms with Crippen molar-refractivity contribution in [2.45, 2.75) is 0 Å². The topological polar surface area (TPSA) is 81.3 Å². The first-order valence-electron chi connectivity index (χ1n) is 10.1. The van der Waals surface area contributed by atoms with Crippen molar-refractivity contribution in [2.75, 3.05) is 68.7 Å². The molecule has 0 saturated carbocycles. The van der Waals surface area contributed by atoms with E-state index in [2.05, 4.69) is 19.8 Å². The number of aliphatic imine (C=N–C) groups is 1. The molecule has 4 rings (SSSR count). The number of guanidine groups is 1. The second-order valence-electron chi connectivity index (χ2n) is 7.31. The van der Waals surface area contributed by atoms with Gasteiger partial charge in [0.05, 0.1) is 0 Å². The Balaban J connectivity index is 0.00000272. The summed E-state index contributed by atoms with van der Waals surface area (Å²) in [6.07, 6.45) is 1.82. The molecular formula is C20H27ClIN7OS. The van der Waals surface area contributed by atoms with E-state index in [4.69, 9.17) is 17.3 Å². The molecule has 11 heteroatoms. The van der Waals surface area contributed by atoms with Gasteiger partial charge in [-0.15, -0.1) is 35.3 Å². The highest BCUT2D eigenvalue weighted by atomic mass is 127. The van der Waals surface area contributed by atoms with E-state index in [1.54, 1.807) is 11.3 Å². The minimum Gasteiger partial charge on any atom is -0.370 e. The summed E-state index contributed by atoms with van der Waals surface area (Å²) >= 11 is 7.60. The van der Waals surface area contributed by atoms with E-state index in [0.29, 0.717) is 19.0 Å². The van der Waals surface area contributed by atoms with E-state index in [1.807, 2.05) is 45.6 Å². The predicted octanol–water partition coefficient (Wildman–Crippen LogP) is 2.20. The predicted molar refractivity (Wildman–Crippen MR) is 138 cm³/mol. The second kappa shape index (κ2) is 11.2. The average molecular weight is 576 g/mol. The van der Waals surface area contributed by atoms with Gasteiger partial charge in [-0.1, -0.05) is 11.6 Å². The molecule has 8 nitrogen and oxygen atoms in total. The van der Waals surface area contributed by atoms with Crippen LogP contribution in [0.3, 0.4) is 0 Å². The number of nitrogens with zero attached hydrogens (tertiary/aromatic N) is 6. The third kappa shape index (κ3) is 6.13. The Hall–Kier alpha value is -1.79. The number of thiazole rings is 1. The SMILES string of the molecule is I.NC(=NCC(=O)N1CCN(c2ccc(Cl)cc2)CC1)N1CCN(c2nccs2)CC1. The van der Waals surface area contributed by atoms with Crippen molar-refractivity contribution < 1.29 is 4.79 Å². The van der Waals surface area contributed by atoms with Crippen molar-refractivity contribution in [1.82, 2.24) is 14.8 Å². The number of amides is 1. The summed E-state index contributed by atoms with van der Waals surface area (Å²) in [4.78, 5) is 29.7. The van der Waals surface area contributed by atoms with Crippen LogP contribution in [0.25, 0.3) is 0 Å². The first-order valence-corrected chi connectivity index (χ1v) is 11.3. The van der Waals surface area contributed by atoms with Crippen LogP contribution >= 0.6 is 46.9 Å². The average Bonchev–Trinajstić information content (AvgIpc) is 3.33. The van der Waals surface area contributed by atoms with E-state index in [1.165, 1.54) is 0 Å². The zero-order valence-electron chi connectivity index (χ0n) is 17.2. The Morgan fingerprint density at radius 1 is 1.00 bits per heavy atom. The van der Waals surface area contributed by atoms with Crippen molar-refractivity contribution in [3.63, 3.8) is 0 Å². The van der Waals surface area contributed by atoms with Crippen LogP contribution in [0, 0.1) is 0 Å². The fourth-order valence-electron chi connectivity index (χ4n) is 3.71. The van der Waals surface area contributed by atoms with Crippen LogP contribution in [0.2, 0.25) is 5.02 Å². The highest BCUT2D eigenvalue weighted by molar-refractivity contribution is 14.0. The van der Waals surface area contributed by atoms with Crippen LogP contribution < -0.4 is 15.5 Å². The van der Waals surface area contributed by atoms with E-state index >= 15 is 0 Å². The van der Waals surface area contributed by atoms with Gasteiger partial charge in [0.2, 0.25) is 5.91 Å². The summed E-state index contributed by atoms with van der Waals surface area (Å²) in [7, 11) is 0. The molecule has 1 aromatic heterocycles. The highest BCUT2D eigenvalue weighted by Gasteiger charge is 2.23. The van der Waals surface area contributed by atoms with Gasteiger partial charge in [0.15, 0.2) is 11.1 Å². The summed E-state index contributed by atoms with van der Waals surface area (Å²) in [5.41, 5.74) is 7.29. The molecule has 0 atom stereocenters. The Morgan fingerprint density at radius 3 is 2.23 bits per heavy atom. The molecule has 0 bridgehead atoms. The molecule has 1 aromatic carbocycles. The zero-order valence-corrected chi connectivity index (χ0v) is 21.1. The Bertz CT molecular complexity index is 864. The molecule has 31 heavy (non-hydrogen) atoms. The lowest BCUT2D eigenvalue weighted by atomic mass is 10.2. The summed E-state index contributed by atoms with van der Waals surface area (Å²) in [6, 6.07) is 7.81. The number of carbonyl (C=O) groups is 1. The minimum absolute atomic E-state index is 0. The number of anilines is 2. The highest BCUT2D eigenvalue weighted by Crippen LogP contribution is 2.20. The maximum atomic E-state index is 12.6. The molecular weight excluding hydrogens is 549 g/mol. The quantitative estimate of drug-likeness (QED) is 0.342. The maximum Gasteiger partial charge on any atom is 0.244 e. The lowest BCUT2D eigenvalue weighted by molar-refractivity contribution is -0.129. The number of hydrogen-bond donors (Lipinski definition) is 1. The van der Waals surface area contributed by atoms with Crippen molar-refractivity contribution in [1.29, 1.82) is 0 Å². The molecule has 0 radical (unpaired) electrons. The standard InChI is InChI=1S/C20H26ClN7OS.HI/c21-16-1-3-17(4-2-16)25-6-8-26(9-7-25)18(29)15-24-19(22)27-10-12-28(13-11-27)20-23-5-14-30-20;/h1-5,14H,6-13,15H2,(H2,22,24);1H. The number of aromatic nitrogens is 1. The van der Waals surface area contributed by atoms with E-state index < -0.39 is 0 Å². The van der Waals surface area contributed by atoms with Gasteiger partial charge in [-0.25, -0.2) is 9.98 Å². The molecule has 2 N–H and O–H groups in total. The fourth-order valence-corrected chi connectivity index (χ4v) is 4.54. The Morgan fingerprint density at radius 2 is 1.61 bits per heavy atom. The van der Waals surface area contributed by atoms with Crippen molar-refractivity contribution in [3.8, 4) is 0 Å². The van der Waals surface area contributed by atoms with Crippen LogP contribution in [-0.2, 0) is 4.79 Å². The first-order chi connectivity index (χ1) is 14.6. The van der Waals surface area contributed by atoms with Gasteiger partial charge in [0.25, 0.3) is 0 Å². The third-order valence-corrected chi connectivity index (χ3v) is 6.58. The first kappa shape index (κ1) is 23.9. The molecule has 0 unspecified atom stereocenters. The van der Waals surface area contributed by atoms with Crippen molar-refractivity contribution in [3.05, 3.63) is 40.9 Å². The number of hydrogen-bond acceptors (Lipinski definition) is 6. The monoisotopic (exact) mass is 575 g/mol. The molecule has 0 spiro atoms. The Kier molecular flexibility index (Phi) is 8.61. The number of piperazine rings is 2. The number of carbonyl (C=O) groups excluding carboxylic acids is 1. The van der Waals surface area contributed by atoms with Gasteiger partial charge >= 0.3 is 0 Å². The summed E-state index contributed by atoms with van der Waals surface area (Å²) in [6.45, 7) is 6.32. The van der Waals surface area contributed by atoms with Crippen LogP contribution in [0.1, 0.15) is 0 Å². The van der Waals surface area contributed by atoms with Crippen LogP contribution in [0.15, 0.2) is 40.8 Å². The van der Waals surface area contributed by atoms with Crippen LogP contribution in [0.5, 0.6) is 0 Å². The van der Waals surface area contributed by atoms with E-state index in [-0.39, 0.29) is 36.4 Å². The molecule has 3 heterocycles. The largest absolute Gasteiger partial charge is 0.370 e. The number of benzene rings is 1. The summed E-state index contributed by atoms with van der Waals surface area (Å²) in [5, 5.41) is 3.75. The lowest BCUT2D eigenvalue weighted by Gasteiger charge is -2.36. The molecule has 2 saturated heterocycles. The van der Waals surface area contributed by atoms with Crippen molar-refractivity contribution in [2.24, 2.45) is 10.7 Å². The van der Waals surface area contributed by atoms with Gasteiger partial charge in [-0.05, 0) is 24.3 Å². The molecule has 1 amide bonds. The third-order valence-electron chi connectivity index (χ3n) is 5.49. The van der Waals surface area contributed by atoms with Gasteiger partial charge in [0, 0.05) is 74.6 Å². The summed E-state index contributed by atoms with van der Waals surface area (Å²) < 4.78 is 0.